The second-order valence-electron chi connectivity index (χ2n) is 6.95. The summed E-state index contributed by atoms with van der Waals surface area (Å²) in [7, 11) is 0. The molecule has 4 rings (SSSR count). The summed E-state index contributed by atoms with van der Waals surface area (Å²) in [5.74, 6) is 2.15. The summed E-state index contributed by atoms with van der Waals surface area (Å²) in [5, 5.41) is 6.75. The number of ether oxygens (including phenoxy) is 2. The van der Waals surface area contributed by atoms with Gasteiger partial charge in [-0.3, -0.25) is 4.79 Å². The number of hydrogen-bond donors (Lipinski definition) is 1. The average molecular weight is 426 g/mol. The Labute approximate surface area is 179 Å². The van der Waals surface area contributed by atoms with Crippen molar-refractivity contribution in [2.75, 3.05) is 18.5 Å². The molecule has 1 aliphatic heterocycles. The van der Waals surface area contributed by atoms with E-state index < -0.39 is 0 Å². The van der Waals surface area contributed by atoms with Crippen LogP contribution in [-0.2, 0) is 10.5 Å². The Balaban J connectivity index is 1.39. The lowest BCUT2D eigenvalue weighted by Crippen LogP contribution is -2.16. The average Bonchev–Trinajstić information content (AvgIpc) is 3.43. The highest BCUT2D eigenvalue weighted by Crippen LogP contribution is 2.27. The molecule has 156 valence electrons. The SMILES string of the molecule is Cc1noc(CSc2ccccc2C(=O)Nc2cccc(OCC3CCCO3)c2)n1. The van der Waals surface area contributed by atoms with Crippen LogP contribution in [0.15, 0.2) is 57.9 Å². The van der Waals surface area contributed by atoms with Crippen molar-refractivity contribution in [1.29, 1.82) is 0 Å². The fourth-order valence-corrected chi connectivity index (χ4v) is 4.03. The number of amides is 1. The summed E-state index contributed by atoms with van der Waals surface area (Å²) < 4.78 is 16.6. The van der Waals surface area contributed by atoms with E-state index in [1.165, 1.54) is 11.8 Å². The number of carbonyl (C=O) groups is 1. The number of nitrogens with zero attached hydrogens (tertiary/aromatic N) is 2. The van der Waals surface area contributed by atoms with Crippen LogP contribution in [0.25, 0.3) is 0 Å². The number of benzene rings is 2. The maximum Gasteiger partial charge on any atom is 0.256 e. The summed E-state index contributed by atoms with van der Waals surface area (Å²) in [5.41, 5.74) is 1.27. The van der Waals surface area contributed by atoms with Crippen molar-refractivity contribution in [3.05, 3.63) is 65.8 Å². The zero-order valence-corrected chi connectivity index (χ0v) is 17.5. The summed E-state index contributed by atoms with van der Waals surface area (Å²) >= 11 is 1.48. The zero-order valence-electron chi connectivity index (χ0n) is 16.7. The minimum Gasteiger partial charge on any atom is -0.491 e. The maximum absolute atomic E-state index is 12.9. The van der Waals surface area contributed by atoms with Gasteiger partial charge in [-0.05, 0) is 44.0 Å². The van der Waals surface area contributed by atoms with Gasteiger partial charge in [0.25, 0.3) is 5.91 Å². The molecule has 1 aromatic heterocycles. The van der Waals surface area contributed by atoms with Crippen LogP contribution in [0, 0.1) is 6.92 Å². The van der Waals surface area contributed by atoms with E-state index in [4.69, 9.17) is 14.0 Å². The van der Waals surface area contributed by atoms with E-state index in [1.54, 1.807) is 13.0 Å². The molecule has 0 spiro atoms. The fraction of sp³-hybridized carbons (Fsp3) is 0.318. The van der Waals surface area contributed by atoms with Crippen molar-refractivity contribution in [1.82, 2.24) is 10.1 Å². The number of rotatable bonds is 8. The van der Waals surface area contributed by atoms with Crippen LogP contribution in [0.1, 0.15) is 34.9 Å². The largest absolute Gasteiger partial charge is 0.491 e. The minimum atomic E-state index is -0.184. The molecule has 1 atom stereocenters. The molecular weight excluding hydrogens is 402 g/mol. The molecule has 30 heavy (non-hydrogen) atoms. The maximum atomic E-state index is 12.9. The second kappa shape index (κ2) is 9.77. The van der Waals surface area contributed by atoms with Gasteiger partial charge in [0.05, 0.1) is 17.4 Å². The highest BCUT2D eigenvalue weighted by Gasteiger charge is 2.17. The Hall–Kier alpha value is -2.84. The van der Waals surface area contributed by atoms with Crippen molar-refractivity contribution in [3.8, 4) is 5.75 Å². The standard InChI is InChI=1S/C22H23N3O4S/c1-15-23-21(29-25-15)14-30-20-10-3-2-9-19(20)22(26)24-16-6-4-7-17(12-16)28-13-18-8-5-11-27-18/h2-4,6-7,9-10,12,18H,5,8,11,13-14H2,1H3,(H,24,26). The Kier molecular flexibility index (Phi) is 6.66. The van der Waals surface area contributed by atoms with Crippen LogP contribution >= 0.6 is 11.8 Å². The topological polar surface area (TPSA) is 86.5 Å². The molecule has 8 heteroatoms. The summed E-state index contributed by atoms with van der Waals surface area (Å²) in [6.07, 6.45) is 2.25. The lowest BCUT2D eigenvalue weighted by atomic mass is 10.2. The number of hydrogen-bond acceptors (Lipinski definition) is 7. The van der Waals surface area contributed by atoms with Gasteiger partial charge >= 0.3 is 0 Å². The van der Waals surface area contributed by atoms with Gasteiger partial charge in [0.1, 0.15) is 12.4 Å². The Bertz CT molecular complexity index is 1000. The number of anilines is 1. The smallest absolute Gasteiger partial charge is 0.256 e. The van der Waals surface area contributed by atoms with E-state index in [0.29, 0.717) is 41.1 Å². The van der Waals surface area contributed by atoms with Crippen LogP contribution in [0.4, 0.5) is 5.69 Å². The first-order valence-corrected chi connectivity index (χ1v) is 10.8. The molecule has 7 nitrogen and oxygen atoms in total. The third-order valence-corrected chi connectivity index (χ3v) is 5.66. The number of aryl methyl sites for hydroxylation is 1. The molecule has 1 amide bonds. The van der Waals surface area contributed by atoms with Gasteiger partial charge in [-0.2, -0.15) is 4.98 Å². The monoisotopic (exact) mass is 425 g/mol. The molecule has 1 N–H and O–H groups in total. The van der Waals surface area contributed by atoms with Gasteiger partial charge in [0.2, 0.25) is 5.89 Å². The summed E-state index contributed by atoms with van der Waals surface area (Å²) in [4.78, 5) is 17.9. The van der Waals surface area contributed by atoms with Crippen molar-refractivity contribution < 1.29 is 18.8 Å². The molecule has 0 bridgehead atoms. The van der Waals surface area contributed by atoms with Gasteiger partial charge in [0.15, 0.2) is 5.82 Å². The van der Waals surface area contributed by atoms with Crippen molar-refractivity contribution in [2.45, 2.75) is 36.5 Å². The first kappa shape index (κ1) is 20.4. The first-order chi connectivity index (χ1) is 14.7. The van der Waals surface area contributed by atoms with Crippen molar-refractivity contribution in [2.24, 2.45) is 0 Å². The van der Waals surface area contributed by atoms with Gasteiger partial charge in [0, 0.05) is 23.3 Å². The lowest BCUT2D eigenvalue weighted by Gasteiger charge is -2.13. The van der Waals surface area contributed by atoms with E-state index in [9.17, 15) is 4.79 Å². The van der Waals surface area contributed by atoms with Gasteiger partial charge < -0.3 is 19.3 Å². The van der Waals surface area contributed by atoms with E-state index in [2.05, 4.69) is 15.5 Å². The molecule has 0 aliphatic carbocycles. The van der Waals surface area contributed by atoms with Gasteiger partial charge in [-0.15, -0.1) is 11.8 Å². The number of carbonyl (C=O) groups excluding carboxylic acids is 1. The van der Waals surface area contributed by atoms with Gasteiger partial charge in [-0.25, -0.2) is 0 Å². The van der Waals surface area contributed by atoms with Crippen LogP contribution < -0.4 is 10.1 Å². The Morgan fingerprint density at radius 2 is 2.17 bits per heavy atom. The molecule has 1 fully saturated rings. The van der Waals surface area contributed by atoms with Gasteiger partial charge in [-0.1, -0.05) is 23.4 Å². The van der Waals surface area contributed by atoms with Crippen LogP contribution in [0.3, 0.4) is 0 Å². The zero-order chi connectivity index (χ0) is 20.8. The van der Waals surface area contributed by atoms with E-state index in [-0.39, 0.29) is 12.0 Å². The molecular formula is C22H23N3O4S. The van der Waals surface area contributed by atoms with Crippen molar-refractivity contribution in [3.63, 3.8) is 0 Å². The third-order valence-electron chi connectivity index (χ3n) is 4.60. The lowest BCUT2D eigenvalue weighted by molar-refractivity contribution is 0.0680. The first-order valence-electron chi connectivity index (χ1n) is 9.84. The van der Waals surface area contributed by atoms with E-state index in [1.807, 2.05) is 42.5 Å². The number of thioether (sulfide) groups is 1. The highest BCUT2D eigenvalue weighted by atomic mass is 32.2. The molecule has 2 aromatic carbocycles. The third kappa shape index (κ3) is 5.40. The molecule has 3 aromatic rings. The second-order valence-corrected chi connectivity index (χ2v) is 7.97. The summed E-state index contributed by atoms with van der Waals surface area (Å²) in [6, 6.07) is 14.9. The summed E-state index contributed by atoms with van der Waals surface area (Å²) in [6.45, 7) is 3.09. The van der Waals surface area contributed by atoms with E-state index in [0.717, 1.165) is 24.3 Å². The van der Waals surface area contributed by atoms with Crippen LogP contribution in [0.2, 0.25) is 0 Å². The molecule has 1 unspecified atom stereocenters. The molecule has 0 radical (unpaired) electrons. The number of aromatic nitrogens is 2. The van der Waals surface area contributed by atoms with Crippen molar-refractivity contribution >= 4 is 23.4 Å². The fourth-order valence-electron chi connectivity index (χ4n) is 3.15. The Morgan fingerprint density at radius 3 is 2.97 bits per heavy atom. The molecule has 0 saturated carbocycles. The molecule has 1 aliphatic rings. The molecule has 1 saturated heterocycles. The van der Waals surface area contributed by atoms with Crippen LogP contribution in [-0.4, -0.2) is 35.4 Å². The molecule has 2 heterocycles. The predicted octanol–water partition coefficient (Wildman–Crippen LogP) is 4.48. The predicted molar refractivity (Wildman–Crippen MR) is 114 cm³/mol. The van der Waals surface area contributed by atoms with Crippen LogP contribution in [0.5, 0.6) is 5.75 Å². The Morgan fingerprint density at radius 1 is 1.27 bits per heavy atom. The normalized spacial score (nSPS) is 15.8. The minimum absolute atomic E-state index is 0.148. The van der Waals surface area contributed by atoms with E-state index >= 15 is 0 Å². The quantitative estimate of drug-likeness (QED) is 0.533. The number of nitrogens with one attached hydrogen (secondary N) is 1. The highest BCUT2D eigenvalue weighted by molar-refractivity contribution is 7.98.